The Bertz CT molecular complexity index is 1220. The molecule has 1 amide bonds. The second-order valence-corrected chi connectivity index (χ2v) is 8.09. The molecular weight excluding hydrogens is 450 g/mol. The zero-order valence-electron chi connectivity index (χ0n) is 19.3. The maximum absolute atomic E-state index is 12.7. The van der Waals surface area contributed by atoms with Crippen LogP contribution in [0.5, 0.6) is 5.75 Å². The van der Waals surface area contributed by atoms with Crippen molar-refractivity contribution in [1.29, 1.82) is 0 Å². The average Bonchev–Trinajstić information content (AvgIpc) is 3.20. The third kappa shape index (κ3) is 4.96. The summed E-state index contributed by atoms with van der Waals surface area (Å²) < 4.78 is 15.5. The van der Waals surface area contributed by atoms with E-state index in [1.54, 1.807) is 6.07 Å². The minimum absolute atomic E-state index is 0.00429. The van der Waals surface area contributed by atoms with Gasteiger partial charge in [-0.1, -0.05) is 54.6 Å². The average molecular weight is 475 g/mol. The van der Waals surface area contributed by atoms with Crippen LogP contribution in [0.4, 0.5) is 4.79 Å². The van der Waals surface area contributed by atoms with Crippen LogP contribution in [0.2, 0.25) is 0 Å². The lowest BCUT2D eigenvalue weighted by atomic mass is 9.98. The molecule has 0 saturated heterocycles. The van der Waals surface area contributed by atoms with Gasteiger partial charge < -0.3 is 24.6 Å². The Morgan fingerprint density at radius 2 is 1.57 bits per heavy atom. The summed E-state index contributed by atoms with van der Waals surface area (Å²) >= 11 is 0. The van der Waals surface area contributed by atoms with Gasteiger partial charge in [0.2, 0.25) is 0 Å². The van der Waals surface area contributed by atoms with E-state index in [9.17, 15) is 19.5 Å². The number of hydrogen-bond acceptors (Lipinski definition) is 6. The molecule has 1 aliphatic rings. The number of aromatic carboxylic acids is 1. The Kier molecular flexibility index (Phi) is 7.01. The van der Waals surface area contributed by atoms with Crippen LogP contribution in [-0.2, 0) is 20.7 Å². The molecule has 4 rings (SSSR count). The Hall–Kier alpha value is -4.33. The fourth-order valence-corrected chi connectivity index (χ4v) is 4.39. The Labute approximate surface area is 202 Å². The van der Waals surface area contributed by atoms with Crippen LogP contribution in [0, 0.1) is 0 Å². The fraction of sp³-hybridized carbons (Fsp3) is 0.222. The monoisotopic (exact) mass is 475 g/mol. The number of nitrogens with one attached hydrogen (secondary N) is 1. The number of alkyl carbamates (subject to hydrolysis) is 1. The lowest BCUT2D eigenvalue weighted by Gasteiger charge is -2.19. The number of carboxylic acid groups (broad SMARTS) is 1. The third-order valence-corrected chi connectivity index (χ3v) is 6.06. The maximum atomic E-state index is 12.7. The smallest absolute Gasteiger partial charge is 0.407 e. The van der Waals surface area contributed by atoms with Gasteiger partial charge in [0.25, 0.3) is 0 Å². The standard InChI is InChI=1S/C27H25NO7/c1-33-24-14-16(11-12-21(24)25(29)30)13-23(26(31)34-2)28-27(32)35-15-22-19-9-5-3-7-17(19)18-8-4-6-10-20(18)22/h3-12,14,22-23H,13,15H2,1-2H3,(H,28,32)(H,29,30)/t23-/m0/s1. The predicted octanol–water partition coefficient (Wildman–Crippen LogP) is 4.02. The first-order chi connectivity index (χ1) is 16.9. The van der Waals surface area contributed by atoms with Crippen molar-refractivity contribution in [1.82, 2.24) is 5.32 Å². The molecule has 0 unspecified atom stereocenters. The summed E-state index contributed by atoms with van der Waals surface area (Å²) in [7, 11) is 2.58. The second kappa shape index (κ2) is 10.3. The summed E-state index contributed by atoms with van der Waals surface area (Å²) in [5.74, 6) is -1.74. The van der Waals surface area contributed by atoms with Gasteiger partial charge >= 0.3 is 18.0 Å². The number of rotatable bonds is 8. The first-order valence-electron chi connectivity index (χ1n) is 11.0. The highest BCUT2D eigenvalue weighted by molar-refractivity contribution is 5.91. The molecule has 1 atom stereocenters. The number of methoxy groups -OCH3 is 2. The van der Waals surface area contributed by atoms with E-state index in [-0.39, 0.29) is 30.3 Å². The van der Waals surface area contributed by atoms with Crippen molar-refractivity contribution in [2.24, 2.45) is 0 Å². The number of esters is 1. The number of ether oxygens (including phenoxy) is 3. The summed E-state index contributed by atoms with van der Waals surface area (Å²) in [6.45, 7) is 0.106. The normalized spacial score (nSPS) is 12.7. The molecule has 0 radical (unpaired) electrons. The molecule has 35 heavy (non-hydrogen) atoms. The van der Waals surface area contributed by atoms with Crippen molar-refractivity contribution >= 4 is 18.0 Å². The van der Waals surface area contributed by atoms with Gasteiger partial charge in [-0.25, -0.2) is 14.4 Å². The summed E-state index contributed by atoms with van der Waals surface area (Å²) in [6.07, 6.45) is -0.691. The van der Waals surface area contributed by atoms with E-state index in [2.05, 4.69) is 5.32 Å². The summed E-state index contributed by atoms with van der Waals surface area (Å²) in [5, 5.41) is 11.8. The second-order valence-electron chi connectivity index (χ2n) is 8.09. The third-order valence-electron chi connectivity index (χ3n) is 6.06. The van der Waals surface area contributed by atoms with Gasteiger partial charge in [0, 0.05) is 12.3 Å². The molecular formula is C27H25NO7. The molecule has 0 aliphatic heterocycles. The largest absolute Gasteiger partial charge is 0.496 e. The molecule has 0 fully saturated rings. The van der Waals surface area contributed by atoms with Crippen LogP contribution in [0.25, 0.3) is 11.1 Å². The van der Waals surface area contributed by atoms with E-state index >= 15 is 0 Å². The lowest BCUT2D eigenvalue weighted by molar-refractivity contribution is -0.143. The van der Waals surface area contributed by atoms with E-state index in [1.807, 2.05) is 48.5 Å². The first kappa shape index (κ1) is 23.8. The van der Waals surface area contributed by atoms with Gasteiger partial charge in [-0.15, -0.1) is 0 Å². The molecule has 0 heterocycles. The predicted molar refractivity (Wildman–Crippen MR) is 128 cm³/mol. The SMILES string of the molecule is COC(=O)[C@H](Cc1ccc(C(=O)O)c(OC)c1)NC(=O)OCC1c2ccccc2-c2ccccc21. The fourth-order valence-electron chi connectivity index (χ4n) is 4.39. The van der Waals surface area contributed by atoms with Crippen LogP contribution < -0.4 is 10.1 Å². The van der Waals surface area contributed by atoms with Crippen molar-refractivity contribution in [2.75, 3.05) is 20.8 Å². The number of fused-ring (bicyclic) bond motifs is 3. The van der Waals surface area contributed by atoms with Gasteiger partial charge in [0.05, 0.1) is 14.2 Å². The van der Waals surface area contributed by atoms with Gasteiger partial charge in [-0.3, -0.25) is 0 Å². The first-order valence-corrected chi connectivity index (χ1v) is 11.0. The molecule has 8 nitrogen and oxygen atoms in total. The lowest BCUT2D eigenvalue weighted by Crippen LogP contribution is -2.43. The maximum Gasteiger partial charge on any atom is 0.407 e. The Morgan fingerprint density at radius 3 is 2.14 bits per heavy atom. The van der Waals surface area contributed by atoms with Crippen molar-refractivity contribution in [3.05, 3.63) is 89.0 Å². The molecule has 8 heteroatoms. The van der Waals surface area contributed by atoms with Crippen molar-refractivity contribution in [2.45, 2.75) is 18.4 Å². The molecule has 1 aliphatic carbocycles. The molecule has 0 bridgehead atoms. The number of amides is 1. The minimum Gasteiger partial charge on any atom is -0.496 e. The zero-order chi connectivity index (χ0) is 24.9. The molecule has 3 aromatic rings. The number of carbonyl (C=O) groups excluding carboxylic acids is 2. The number of carboxylic acids is 1. The van der Waals surface area contributed by atoms with Crippen LogP contribution in [0.1, 0.15) is 33.0 Å². The molecule has 2 N–H and O–H groups in total. The van der Waals surface area contributed by atoms with Crippen molar-refractivity contribution in [3.8, 4) is 16.9 Å². The van der Waals surface area contributed by atoms with E-state index < -0.39 is 24.1 Å². The van der Waals surface area contributed by atoms with Gasteiger partial charge in [-0.05, 0) is 39.9 Å². The van der Waals surface area contributed by atoms with Gasteiger partial charge in [0.15, 0.2) is 0 Å². The van der Waals surface area contributed by atoms with E-state index in [0.29, 0.717) is 5.56 Å². The van der Waals surface area contributed by atoms with Crippen LogP contribution in [-0.4, -0.2) is 50.0 Å². The zero-order valence-corrected chi connectivity index (χ0v) is 19.3. The van der Waals surface area contributed by atoms with E-state index in [1.165, 1.54) is 26.4 Å². The molecule has 0 spiro atoms. The molecule has 0 aromatic heterocycles. The number of hydrogen-bond donors (Lipinski definition) is 2. The Morgan fingerprint density at radius 1 is 0.943 bits per heavy atom. The highest BCUT2D eigenvalue weighted by Gasteiger charge is 2.30. The van der Waals surface area contributed by atoms with Crippen molar-refractivity contribution < 1.29 is 33.7 Å². The minimum atomic E-state index is -1.13. The van der Waals surface area contributed by atoms with Crippen LogP contribution in [0.3, 0.4) is 0 Å². The number of carbonyl (C=O) groups is 3. The van der Waals surface area contributed by atoms with E-state index in [4.69, 9.17) is 14.2 Å². The number of benzene rings is 3. The van der Waals surface area contributed by atoms with Gasteiger partial charge in [-0.2, -0.15) is 0 Å². The van der Waals surface area contributed by atoms with E-state index in [0.717, 1.165) is 22.3 Å². The molecule has 3 aromatic carbocycles. The summed E-state index contributed by atoms with van der Waals surface area (Å²) in [5.41, 5.74) is 4.97. The Balaban J connectivity index is 1.46. The molecule has 180 valence electrons. The van der Waals surface area contributed by atoms with Crippen LogP contribution in [0.15, 0.2) is 66.7 Å². The summed E-state index contributed by atoms with van der Waals surface area (Å²) in [6, 6.07) is 19.4. The summed E-state index contributed by atoms with van der Waals surface area (Å²) in [4.78, 5) is 36.3. The quantitative estimate of drug-likeness (QED) is 0.474. The van der Waals surface area contributed by atoms with Crippen LogP contribution >= 0.6 is 0 Å². The van der Waals surface area contributed by atoms with Gasteiger partial charge in [0.1, 0.15) is 24.0 Å². The topological polar surface area (TPSA) is 111 Å². The molecule has 0 saturated carbocycles. The highest BCUT2D eigenvalue weighted by atomic mass is 16.6. The highest BCUT2D eigenvalue weighted by Crippen LogP contribution is 2.44. The van der Waals surface area contributed by atoms with Crippen molar-refractivity contribution in [3.63, 3.8) is 0 Å².